The van der Waals surface area contributed by atoms with Gasteiger partial charge in [0.25, 0.3) is 0 Å². The molecule has 0 spiro atoms. The lowest BCUT2D eigenvalue weighted by molar-refractivity contribution is -0.122. The number of fused-ring (bicyclic) bond motifs is 1. The molecule has 2 unspecified atom stereocenters. The van der Waals surface area contributed by atoms with Crippen molar-refractivity contribution >= 4 is 28.9 Å². The molecule has 0 radical (unpaired) electrons. The number of hydrogen-bond acceptors (Lipinski definition) is 3. The van der Waals surface area contributed by atoms with Crippen molar-refractivity contribution in [2.75, 3.05) is 23.7 Å². The lowest BCUT2D eigenvalue weighted by Gasteiger charge is -2.38. The van der Waals surface area contributed by atoms with Gasteiger partial charge in [0.1, 0.15) is 0 Å². The zero-order valence-electron chi connectivity index (χ0n) is 10.0. The Morgan fingerprint density at radius 2 is 2.28 bits per heavy atom. The molecule has 4 nitrogen and oxygen atoms in total. The number of nitrogen functional groups attached to an aromatic ring is 1. The highest BCUT2D eigenvalue weighted by Crippen LogP contribution is 2.36. The van der Waals surface area contributed by atoms with E-state index < -0.39 is 0 Å². The topological polar surface area (TPSA) is 58.4 Å². The number of hydrogen-bond donors (Lipinski definition) is 2. The molecule has 2 aliphatic heterocycles. The minimum Gasteiger partial charge on any atom is -0.399 e. The lowest BCUT2D eigenvalue weighted by Crippen LogP contribution is -2.45. The van der Waals surface area contributed by atoms with Crippen LogP contribution < -0.4 is 16.0 Å². The van der Waals surface area contributed by atoms with E-state index in [0.717, 1.165) is 25.1 Å². The highest BCUT2D eigenvalue weighted by molar-refractivity contribution is 6.33. The van der Waals surface area contributed by atoms with Crippen LogP contribution >= 0.6 is 11.6 Å². The van der Waals surface area contributed by atoms with Gasteiger partial charge >= 0.3 is 0 Å². The van der Waals surface area contributed by atoms with Crippen molar-refractivity contribution < 1.29 is 4.79 Å². The molecule has 1 aromatic carbocycles. The average Bonchev–Trinajstić information content (AvgIpc) is 2.72. The number of nitrogens with one attached hydrogen (secondary N) is 1. The van der Waals surface area contributed by atoms with Gasteiger partial charge in [-0.25, -0.2) is 0 Å². The fourth-order valence-corrected chi connectivity index (χ4v) is 3.30. The number of rotatable bonds is 1. The Bertz CT molecular complexity index is 491. The molecule has 3 rings (SSSR count). The second kappa shape index (κ2) is 4.35. The second-order valence-corrected chi connectivity index (χ2v) is 5.37. The van der Waals surface area contributed by atoms with Crippen molar-refractivity contribution in [2.24, 2.45) is 5.92 Å². The van der Waals surface area contributed by atoms with E-state index in [2.05, 4.69) is 10.2 Å². The van der Waals surface area contributed by atoms with Crippen LogP contribution in [-0.2, 0) is 4.79 Å². The minimum atomic E-state index is 0.104. The molecule has 2 fully saturated rings. The Labute approximate surface area is 111 Å². The number of nitrogens with two attached hydrogens (primary N) is 1. The van der Waals surface area contributed by atoms with Gasteiger partial charge in [-0.15, -0.1) is 0 Å². The summed E-state index contributed by atoms with van der Waals surface area (Å²) in [5.41, 5.74) is 7.36. The first-order valence-corrected chi connectivity index (χ1v) is 6.64. The van der Waals surface area contributed by atoms with Crippen LogP contribution in [0.15, 0.2) is 18.2 Å². The molecule has 2 atom stereocenters. The van der Waals surface area contributed by atoms with E-state index in [1.54, 1.807) is 6.07 Å². The lowest BCUT2D eigenvalue weighted by atomic mass is 9.91. The van der Waals surface area contributed by atoms with Crippen LogP contribution in [0.4, 0.5) is 11.4 Å². The van der Waals surface area contributed by atoms with E-state index in [-0.39, 0.29) is 17.9 Å². The number of amides is 1. The van der Waals surface area contributed by atoms with E-state index >= 15 is 0 Å². The molecule has 18 heavy (non-hydrogen) atoms. The summed E-state index contributed by atoms with van der Waals surface area (Å²) in [6.45, 7) is 1.66. The van der Waals surface area contributed by atoms with Gasteiger partial charge in [-0.3, -0.25) is 4.79 Å². The maximum atomic E-state index is 11.7. The van der Waals surface area contributed by atoms with Crippen LogP contribution in [0.2, 0.25) is 5.02 Å². The maximum absolute atomic E-state index is 11.7. The van der Waals surface area contributed by atoms with Crippen molar-refractivity contribution in [1.29, 1.82) is 0 Å². The zero-order valence-corrected chi connectivity index (χ0v) is 10.8. The van der Waals surface area contributed by atoms with Crippen molar-refractivity contribution in [3.05, 3.63) is 23.2 Å². The molecule has 0 aromatic heterocycles. The number of carbonyl (C=O) groups is 1. The van der Waals surface area contributed by atoms with Crippen LogP contribution in [0.5, 0.6) is 0 Å². The van der Waals surface area contributed by atoms with Gasteiger partial charge in [0.2, 0.25) is 5.91 Å². The summed E-state index contributed by atoms with van der Waals surface area (Å²) in [4.78, 5) is 14.0. The van der Waals surface area contributed by atoms with Gasteiger partial charge in [-0.2, -0.15) is 0 Å². The number of carbonyl (C=O) groups excluding carboxylic acids is 1. The van der Waals surface area contributed by atoms with Gasteiger partial charge in [0.15, 0.2) is 0 Å². The van der Waals surface area contributed by atoms with E-state index in [1.807, 2.05) is 12.1 Å². The van der Waals surface area contributed by atoms with Gasteiger partial charge in [0.05, 0.1) is 22.7 Å². The summed E-state index contributed by atoms with van der Waals surface area (Å²) >= 11 is 6.26. The Balaban J connectivity index is 1.93. The highest BCUT2D eigenvalue weighted by atomic mass is 35.5. The Kier molecular flexibility index (Phi) is 2.82. The first kappa shape index (κ1) is 11.7. The quantitative estimate of drug-likeness (QED) is 0.759. The molecule has 96 valence electrons. The Morgan fingerprint density at radius 1 is 1.44 bits per heavy atom. The third kappa shape index (κ3) is 1.81. The largest absolute Gasteiger partial charge is 0.399 e. The van der Waals surface area contributed by atoms with Crippen molar-refractivity contribution in [3.63, 3.8) is 0 Å². The number of nitrogens with zero attached hydrogens (tertiary/aromatic N) is 1. The van der Waals surface area contributed by atoms with Gasteiger partial charge in [-0.1, -0.05) is 11.6 Å². The summed E-state index contributed by atoms with van der Waals surface area (Å²) in [6.07, 6.45) is 1.99. The molecule has 5 heteroatoms. The minimum absolute atomic E-state index is 0.104. The fraction of sp³-hybridized carbons (Fsp3) is 0.462. The molecule has 3 N–H and O–H groups in total. The molecule has 2 aliphatic rings. The van der Waals surface area contributed by atoms with Crippen LogP contribution in [-0.4, -0.2) is 25.0 Å². The first-order chi connectivity index (χ1) is 8.66. The summed E-state index contributed by atoms with van der Waals surface area (Å²) in [5.74, 6) is 0.281. The zero-order chi connectivity index (χ0) is 12.7. The third-order valence-electron chi connectivity index (χ3n) is 3.88. The number of halogens is 1. The molecule has 0 bridgehead atoms. The average molecular weight is 266 g/mol. The maximum Gasteiger partial charge on any atom is 0.225 e. The van der Waals surface area contributed by atoms with Crippen molar-refractivity contribution in [1.82, 2.24) is 5.32 Å². The Hall–Kier alpha value is -1.42. The highest BCUT2D eigenvalue weighted by Gasteiger charge is 2.41. The third-order valence-corrected chi connectivity index (χ3v) is 4.19. The van der Waals surface area contributed by atoms with E-state index in [9.17, 15) is 4.79 Å². The predicted molar refractivity (Wildman–Crippen MR) is 72.7 cm³/mol. The van der Waals surface area contributed by atoms with Crippen LogP contribution in [0.1, 0.15) is 12.8 Å². The summed E-state index contributed by atoms with van der Waals surface area (Å²) < 4.78 is 0. The molecular weight excluding hydrogens is 250 g/mol. The fourth-order valence-electron chi connectivity index (χ4n) is 3.01. The molecule has 1 aromatic rings. The van der Waals surface area contributed by atoms with E-state index in [1.165, 1.54) is 0 Å². The van der Waals surface area contributed by atoms with Crippen molar-refractivity contribution in [3.8, 4) is 0 Å². The van der Waals surface area contributed by atoms with E-state index in [4.69, 9.17) is 17.3 Å². The summed E-state index contributed by atoms with van der Waals surface area (Å²) in [7, 11) is 0. The molecule has 0 aliphatic carbocycles. The van der Waals surface area contributed by atoms with E-state index in [0.29, 0.717) is 17.3 Å². The summed E-state index contributed by atoms with van der Waals surface area (Å²) in [5, 5.41) is 3.61. The standard InChI is InChI=1S/C13H16ClN3O/c14-10-6-8(15)3-4-11(10)17-5-1-2-9-12(17)7-16-13(9)18/h3-4,6,9,12H,1-2,5,7,15H2,(H,16,18). The molecule has 2 saturated heterocycles. The van der Waals surface area contributed by atoms with Crippen LogP contribution in [0, 0.1) is 5.92 Å². The number of anilines is 2. The van der Waals surface area contributed by atoms with Crippen LogP contribution in [0.3, 0.4) is 0 Å². The Morgan fingerprint density at radius 3 is 3.06 bits per heavy atom. The van der Waals surface area contributed by atoms with Gasteiger partial charge in [0, 0.05) is 18.8 Å². The molecule has 0 saturated carbocycles. The molecular formula is C13H16ClN3O. The van der Waals surface area contributed by atoms with Crippen LogP contribution in [0.25, 0.3) is 0 Å². The number of piperidine rings is 1. The van der Waals surface area contributed by atoms with Gasteiger partial charge in [-0.05, 0) is 31.0 Å². The monoisotopic (exact) mass is 265 g/mol. The number of benzene rings is 1. The molecule has 2 heterocycles. The van der Waals surface area contributed by atoms with Crippen molar-refractivity contribution in [2.45, 2.75) is 18.9 Å². The summed E-state index contributed by atoms with van der Waals surface area (Å²) in [6, 6.07) is 5.80. The smallest absolute Gasteiger partial charge is 0.225 e. The second-order valence-electron chi connectivity index (χ2n) is 4.97. The normalized spacial score (nSPS) is 26.9. The predicted octanol–water partition coefficient (Wildman–Crippen LogP) is 1.64. The van der Waals surface area contributed by atoms with Gasteiger partial charge < -0.3 is 16.0 Å². The first-order valence-electron chi connectivity index (χ1n) is 6.26. The molecule has 1 amide bonds. The SMILES string of the molecule is Nc1ccc(N2CCCC3C(=O)NCC32)c(Cl)c1.